The van der Waals surface area contributed by atoms with Crippen LogP contribution in [-0.4, -0.2) is 38.6 Å². The standard InChI is InChI=1S/C18H26N2O4S/c1-18(2,3)13-7-9-14(10-8-13)25(23,24)12-16(21)20-15-6-4-5-11-19-17(15)22/h7-10,15H,4-6,11-12H2,1-3H3,(H,19,22)(H,20,21)/t15-/m1/s1. The highest BCUT2D eigenvalue weighted by Crippen LogP contribution is 2.23. The Hall–Kier alpha value is -1.89. The highest BCUT2D eigenvalue weighted by molar-refractivity contribution is 7.92. The van der Waals surface area contributed by atoms with Gasteiger partial charge in [-0.3, -0.25) is 9.59 Å². The maximum absolute atomic E-state index is 12.4. The van der Waals surface area contributed by atoms with E-state index in [-0.39, 0.29) is 16.2 Å². The third kappa shape index (κ3) is 5.29. The molecule has 2 N–H and O–H groups in total. The van der Waals surface area contributed by atoms with Crippen molar-refractivity contribution in [2.45, 2.75) is 56.4 Å². The van der Waals surface area contributed by atoms with Gasteiger partial charge in [0, 0.05) is 6.54 Å². The molecule has 0 bridgehead atoms. The van der Waals surface area contributed by atoms with Crippen LogP contribution in [0, 0.1) is 0 Å². The number of hydrogen-bond acceptors (Lipinski definition) is 4. The molecule has 0 unspecified atom stereocenters. The fraction of sp³-hybridized carbons (Fsp3) is 0.556. The molecule has 1 aromatic carbocycles. The number of carbonyl (C=O) groups excluding carboxylic acids is 2. The first kappa shape index (κ1) is 19.4. The third-order valence-corrected chi connectivity index (χ3v) is 5.90. The lowest BCUT2D eigenvalue weighted by molar-refractivity contribution is -0.127. The fourth-order valence-corrected chi connectivity index (χ4v) is 3.88. The number of hydrogen-bond donors (Lipinski definition) is 2. The monoisotopic (exact) mass is 366 g/mol. The van der Waals surface area contributed by atoms with Gasteiger partial charge in [0.25, 0.3) is 0 Å². The summed E-state index contributed by atoms with van der Waals surface area (Å²) in [5.74, 6) is -1.56. The van der Waals surface area contributed by atoms with Gasteiger partial charge in [-0.2, -0.15) is 0 Å². The second-order valence-electron chi connectivity index (χ2n) is 7.44. The van der Waals surface area contributed by atoms with E-state index >= 15 is 0 Å². The van der Waals surface area contributed by atoms with Gasteiger partial charge in [0.05, 0.1) is 4.90 Å². The molecule has 0 spiro atoms. The van der Waals surface area contributed by atoms with Gasteiger partial charge in [0.1, 0.15) is 11.8 Å². The summed E-state index contributed by atoms with van der Waals surface area (Å²) < 4.78 is 24.9. The van der Waals surface area contributed by atoms with Crippen LogP contribution >= 0.6 is 0 Å². The first-order valence-electron chi connectivity index (χ1n) is 8.50. The molecule has 6 nitrogen and oxygen atoms in total. The molecule has 0 aliphatic carbocycles. The fourth-order valence-electron chi connectivity index (χ4n) is 2.73. The van der Waals surface area contributed by atoms with Gasteiger partial charge in [-0.05, 0) is 42.4 Å². The maximum atomic E-state index is 12.4. The average molecular weight is 366 g/mol. The molecular weight excluding hydrogens is 340 g/mol. The Kier molecular flexibility index (Phi) is 5.87. The van der Waals surface area contributed by atoms with E-state index in [9.17, 15) is 18.0 Å². The van der Waals surface area contributed by atoms with Crippen molar-refractivity contribution in [1.82, 2.24) is 10.6 Å². The van der Waals surface area contributed by atoms with Crippen LogP contribution in [0.1, 0.15) is 45.6 Å². The van der Waals surface area contributed by atoms with E-state index in [0.717, 1.165) is 18.4 Å². The zero-order valence-corrected chi connectivity index (χ0v) is 15.8. The zero-order chi connectivity index (χ0) is 18.7. The van der Waals surface area contributed by atoms with Gasteiger partial charge >= 0.3 is 0 Å². The molecule has 1 aliphatic heterocycles. The summed E-state index contributed by atoms with van der Waals surface area (Å²) in [4.78, 5) is 24.1. The number of carbonyl (C=O) groups is 2. The first-order chi connectivity index (χ1) is 11.6. The summed E-state index contributed by atoms with van der Waals surface area (Å²) in [7, 11) is -3.74. The Morgan fingerprint density at radius 1 is 1.20 bits per heavy atom. The van der Waals surface area contributed by atoms with Crippen molar-refractivity contribution in [2.24, 2.45) is 0 Å². The van der Waals surface area contributed by atoms with Crippen molar-refractivity contribution in [3.63, 3.8) is 0 Å². The molecule has 1 atom stereocenters. The van der Waals surface area contributed by atoms with Crippen molar-refractivity contribution in [3.8, 4) is 0 Å². The summed E-state index contributed by atoms with van der Waals surface area (Å²) in [6.45, 7) is 6.72. The number of sulfone groups is 1. The lowest BCUT2D eigenvalue weighted by Gasteiger charge is -2.19. The first-order valence-corrected chi connectivity index (χ1v) is 10.2. The smallest absolute Gasteiger partial charge is 0.242 e. The van der Waals surface area contributed by atoms with Crippen LogP contribution in [0.25, 0.3) is 0 Å². The predicted octanol–water partition coefficient (Wildman–Crippen LogP) is 1.54. The number of nitrogens with one attached hydrogen (secondary N) is 2. The normalized spacial score (nSPS) is 19.0. The Morgan fingerprint density at radius 2 is 1.84 bits per heavy atom. The van der Waals surface area contributed by atoms with Crippen LogP contribution in [0.3, 0.4) is 0 Å². The molecule has 138 valence electrons. The minimum absolute atomic E-state index is 0.0769. The van der Waals surface area contributed by atoms with Crippen molar-refractivity contribution >= 4 is 21.7 Å². The minimum Gasteiger partial charge on any atom is -0.354 e. The number of amides is 2. The Bertz CT molecular complexity index is 733. The SMILES string of the molecule is CC(C)(C)c1ccc(S(=O)(=O)CC(=O)N[C@@H]2CCCCNC2=O)cc1. The van der Waals surface area contributed by atoms with E-state index < -0.39 is 27.5 Å². The largest absolute Gasteiger partial charge is 0.354 e. The second-order valence-corrected chi connectivity index (χ2v) is 9.43. The lowest BCUT2D eigenvalue weighted by atomic mass is 9.87. The second kappa shape index (κ2) is 7.56. The molecule has 1 fully saturated rings. The molecule has 1 heterocycles. The van der Waals surface area contributed by atoms with Crippen LogP contribution in [0.5, 0.6) is 0 Å². The van der Waals surface area contributed by atoms with Gasteiger partial charge < -0.3 is 10.6 Å². The van der Waals surface area contributed by atoms with E-state index in [0.29, 0.717) is 13.0 Å². The van der Waals surface area contributed by atoms with Gasteiger partial charge in [-0.1, -0.05) is 32.9 Å². The maximum Gasteiger partial charge on any atom is 0.242 e. The molecule has 1 saturated heterocycles. The molecule has 1 aromatic rings. The molecule has 1 aliphatic rings. The van der Waals surface area contributed by atoms with Crippen LogP contribution in [0.2, 0.25) is 0 Å². The summed E-state index contributed by atoms with van der Waals surface area (Å²) >= 11 is 0. The van der Waals surface area contributed by atoms with Gasteiger partial charge in [0.2, 0.25) is 11.8 Å². The lowest BCUT2D eigenvalue weighted by Crippen LogP contribution is -2.47. The van der Waals surface area contributed by atoms with Crippen LogP contribution in [-0.2, 0) is 24.8 Å². The molecule has 0 aromatic heterocycles. The van der Waals surface area contributed by atoms with E-state index in [4.69, 9.17) is 0 Å². The highest BCUT2D eigenvalue weighted by atomic mass is 32.2. The molecule has 2 rings (SSSR count). The van der Waals surface area contributed by atoms with Crippen LogP contribution in [0.4, 0.5) is 0 Å². The number of benzene rings is 1. The van der Waals surface area contributed by atoms with Crippen molar-refractivity contribution in [1.29, 1.82) is 0 Å². The Balaban J connectivity index is 2.04. The van der Waals surface area contributed by atoms with Crippen LogP contribution < -0.4 is 10.6 Å². The molecule has 7 heteroatoms. The molecule has 2 amide bonds. The van der Waals surface area contributed by atoms with Gasteiger partial charge in [-0.15, -0.1) is 0 Å². The van der Waals surface area contributed by atoms with Crippen molar-refractivity contribution < 1.29 is 18.0 Å². The Morgan fingerprint density at radius 3 is 2.44 bits per heavy atom. The number of rotatable bonds is 4. The summed E-state index contributed by atoms with van der Waals surface area (Å²) in [6.07, 6.45) is 2.19. The summed E-state index contributed by atoms with van der Waals surface area (Å²) in [5.41, 5.74) is 0.943. The predicted molar refractivity (Wildman–Crippen MR) is 96.0 cm³/mol. The Labute approximate surface area is 149 Å². The molecule has 0 radical (unpaired) electrons. The van der Waals surface area contributed by atoms with Gasteiger partial charge in [0.15, 0.2) is 9.84 Å². The highest BCUT2D eigenvalue weighted by Gasteiger charge is 2.26. The topological polar surface area (TPSA) is 92.3 Å². The van der Waals surface area contributed by atoms with E-state index in [1.54, 1.807) is 12.1 Å². The zero-order valence-electron chi connectivity index (χ0n) is 15.0. The van der Waals surface area contributed by atoms with Crippen molar-refractivity contribution in [3.05, 3.63) is 29.8 Å². The minimum atomic E-state index is -3.74. The quantitative estimate of drug-likeness (QED) is 0.845. The van der Waals surface area contributed by atoms with E-state index in [1.165, 1.54) is 12.1 Å². The molecular formula is C18H26N2O4S. The van der Waals surface area contributed by atoms with Crippen molar-refractivity contribution in [2.75, 3.05) is 12.3 Å². The molecule has 0 saturated carbocycles. The van der Waals surface area contributed by atoms with E-state index in [2.05, 4.69) is 10.6 Å². The third-order valence-electron chi connectivity index (χ3n) is 4.27. The molecule has 25 heavy (non-hydrogen) atoms. The summed E-state index contributed by atoms with van der Waals surface area (Å²) in [5, 5.41) is 5.25. The van der Waals surface area contributed by atoms with E-state index in [1.807, 2.05) is 20.8 Å². The average Bonchev–Trinajstić information content (AvgIpc) is 2.71. The van der Waals surface area contributed by atoms with Gasteiger partial charge in [-0.25, -0.2) is 8.42 Å². The summed E-state index contributed by atoms with van der Waals surface area (Å²) in [6, 6.07) is 5.93. The van der Waals surface area contributed by atoms with Crippen LogP contribution in [0.15, 0.2) is 29.2 Å².